The fraction of sp³-hybridized carbons (Fsp3) is 1.00. The maximum Gasteiger partial charge on any atom is 0.0113 e. The van der Waals surface area contributed by atoms with Crippen molar-refractivity contribution in [2.75, 3.05) is 32.7 Å². The van der Waals surface area contributed by atoms with Gasteiger partial charge in [0.05, 0.1) is 0 Å². The SMILES string of the molecule is CCN[C@@H]1CCC[C@@H](N2CCN(C(C)C)CC2)C1. The minimum Gasteiger partial charge on any atom is -0.314 e. The first-order valence-corrected chi connectivity index (χ1v) is 7.92. The summed E-state index contributed by atoms with van der Waals surface area (Å²) in [6, 6.07) is 2.34. The normalized spacial score (nSPS) is 32.0. The average molecular weight is 253 g/mol. The molecule has 0 unspecified atom stereocenters. The molecule has 0 radical (unpaired) electrons. The molecule has 18 heavy (non-hydrogen) atoms. The maximum absolute atomic E-state index is 3.64. The fourth-order valence-corrected chi connectivity index (χ4v) is 3.59. The van der Waals surface area contributed by atoms with E-state index in [2.05, 4.69) is 35.9 Å². The van der Waals surface area contributed by atoms with Crippen molar-refractivity contribution in [1.82, 2.24) is 15.1 Å². The summed E-state index contributed by atoms with van der Waals surface area (Å²) in [5.74, 6) is 0. The second-order valence-electron chi connectivity index (χ2n) is 6.24. The molecular weight excluding hydrogens is 222 g/mol. The molecule has 2 fully saturated rings. The van der Waals surface area contributed by atoms with Crippen LogP contribution in [0.2, 0.25) is 0 Å². The predicted molar refractivity (Wildman–Crippen MR) is 78.0 cm³/mol. The van der Waals surface area contributed by atoms with Gasteiger partial charge in [-0.25, -0.2) is 0 Å². The van der Waals surface area contributed by atoms with E-state index in [0.29, 0.717) is 6.04 Å². The van der Waals surface area contributed by atoms with Crippen LogP contribution in [0, 0.1) is 0 Å². The largest absolute Gasteiger partial charge is 0.314 e. The van der Waals surface area contributed by atoms with Crippen molar-refractivity contribution in [1.29, 1.82) is 0 Å². The topological polar surface area (TPSA) is 18.5 Å². The lowest BCUT2D eigenvalue weighted by molar-refractivity contribution is 0.0587. The minimum absolute atomic E-state index is 0.716. The summed E-state index contributed by atoms with van der Waals surface area (Å²) in [6.07, 6.45) is 5.59. The van der Waals surface area contributed by atoms with Crippen molar-refractivity contribution in [2.24, 2.45) is 0 Å². The van der Waals surface area contributed by atoms with E-state index in [0.717, 1.165) is 18.6 Å². The first-order valence-electron chi connectivity index (χ1n) is 7.92. The fourth-order valence-electron chi connectivity index (χ4n) is 3.59. The molecule has 3 heteroatoms. The Labute approximate surface area is 113 Å². The highest BCUT2D eigenvalue weighted by atomic mass is 15.3. The van der Waals surface area contributed by atoms with Crippen molar-refractivity contribution < 1.29 is 0 Å². The second-order valence-corrected chi connectivity index (χ2v) is 6.24. The third-order valence-electron chi connectivity index (χ3n) is 4.73. The maximum atomic E-state index is 3.64. The Bertz CT molecular complexity index is 232. The van der Waals surface area contributed by atoms with E-state index in [1.165, 1.54) is 51.9 Å². The van der Waals surface area contributed by atoms with Crippen LogP contribution in [0.4, 0.5) is 0 Å². The van der Waals surface area contributed by atoms with Crippen molar-refractivity contribution in [2.45, 2.75) is 64.6 Å². The van der Waals surface area contributed by atoms with Crippen LogP contribution in [0.5, 0.6) is 0 Å². The number of hydrogen-bond acceptors (Lipinski definition) is 3. The zero-order chi connectivity index (χ0) is 13.0. The highest BCUT2D eigenvalue weighted by Gasteiger charge is 2.29. The summed E-state index contributed by atoms with van der Waals surface area (Å²) in [4.78, 5) is 5.36. The van der Waals surface area contributed by atoms with Gasteiger partial charge in [0, 0.05) is 44.3 Å². The molecule has 0 aromatic carbocycles. The Hall–Kier alpha value is -0.120. The standard InChI is InChI=1S/C15H31N3/c1-4-16-14-6-5-7-15(12-14)18-10-8-17(9-11-18)13(2)3/h13-16H,4-12H2,1-3H3/t14-,15-/m1/s1. The predicted octanol–water partition coefficient (Wildman–Crippen LogP) is 1.93. The zero-order valence-electron chi connectivity index (χ0n) is 12.5. The number of nitrogens with zero attached hydrogens (tertiary/aromatic N) is 2. The van der Waals surface area contributed by atoms with E-state index < -0.39 is 0 Å². The van der Waals surface area contributed by atoms with Gasteiger partial charge in [0.2, 0.25) is 0 Å². The summed E-state index contributed by atoms with van der Waals surface area (Å²) in [7, 11) is 0. The Morgan fingerprint density at radius 1 is 1.11 bits per heavy atom. The van der Waals surface area contributed by atoms with Gasteiger partial charge in [0.25, 0.3) is 0 Å². The molecule has 3 nitrogen and oxygen atoms in total. The number of piperazine rings is 1. The molecule has 0 aromatic heterocycles. The van der Waals surface area contributed by atoms with Gasteiger partial charge in [-0.15, -0.1) is 0 Å². The zero-order valence-corrected chi connectivity index (χ0v) is 12.5. The first-order chi connectivity index (χ1) is 8.70. The van der Waals surface area contributed by atoms with Crippen LogP contribution in [0.25, 0.3) is 0 Å². The van der Waals surface area contributed by atoms with Gasteiger partial charge in [-0.1, -0.05) is 13.3 Å². The van der Waals surface area contributed by atoms with E-state index in [-0.39, 0.29) is 0 Å². The van der Waals surface area contributed by atoms with Gasteiger partial charge in [0.1, 0.15) is 0 Å². The molecular formula is C15H31N3. The highest BCUT2D eigenvalue weighted by Crippen LogP contribution is 2.24. The molecule has 2 aliphatic rings. The summed E-state index contributed by atoms with van der Waals surface area (Å²) in [5.41, 5.74) is 0. The van der Waals surface area contributed by atoms with Crippen molar-refractivity contribution in [3.8, 4) is 0 Å². The molecule has 2 atom stereocenters. The second kappa shape index (κ2) is 6.88. The van der Waals surface area contributed by atoms with Gasteiger partial charge < -0.3 is 5.32 Å². The van der Waals surface area contributed by atoms with E-state index >= 15 is 0 Å². The van der Waals surface area contributed by atoms with E-state index in [4.69, 9.17) is 0 Å². The smallest absolute Gasteiger partial charge is 0.0113 e. The quantitative estimate of drug-likeness (QED) is 0.826. The molecule has 1 saturated carbocycles. The van der Waals surface area contributed by atoms with Gasteiger partial charge in [-0.3, -0.25) is 9.80 Å². The van der Waals surface area contributed by atoms with Gasteiger partial charge in [-0.05, 0) is 39.7 Å². The Kier molecular flexibility index (Phi) is 5.46. The molecule has 1 N–H and O–H groups in total. The number of hydrogen-bond donors (Lipinski definition) is 1. The number of nitrogens with one attached hydrogen (secondary N) is 1. The van der Waals surface area contributed by atoms with Crippen LogP contribution in [-0.2, 0) is 0 Å². The van der Waals surface area contributed by atoms with Crippen molar-refractivity contribution in [3.05, 3.63) is 0 Å². The lowest BCUT2D eigenvalue weighted by Gasteiger charge is -2.43. The van der Waals surface area contributed by atoms with E-state index in [1.54, 1.807) is 0 Å². The molecule has 0 spiro atoms. The van der Waals surface area contributed by atoms with Gasteiger partial charge in [0.15, 0.2) is 0 Å². The molecule has 1 heterocycles. The third kappa shape index (κ3) is 3.69. The molecule has 1 saturated heterocycles. The highest BCUT2D eigenvalue weighted by molar-refractivity contribution is 4.86. The average Bonchev–Trinajstić information content (AvgIpc) is 2.39. The molecule has 0 amide bonds. The minimum atomic E-state index is 0.716. The molecule has 0 bridgehead atoms. The van der Waals surface area contributed by atoms with Crippen LogP contribution in [0.15, 0.2) is 0 Å². The van der Waals surface area contributed by atoms with E-state index in [9.17, 15) is 0 Å². The third-order valence-corrected chi connectivity index (χ3v) is 4.73. The van der Waals surface area contributed by atoms with Crippen molar-refractivity contribution >= 4 is 0 Å². The lowest BCUT2D eigenvalue weighted by Crippen LogP contribution is -2.54. The van der Waals surface area contributed by atoms with E-state index in [1.807, 2.05) is 0 Å². The molecule has 1 aliphatic carbocycles. The summed E-state index contributed by atoms with van der Waals surface area (Å²) < 4.78 is 0. The summed E-state index contributed by atoms with van der Waals surface area (Å²) in [6.45, 7) is 13.1. The Morgan fingerprint density at radius 3 is 2.44 bits per heavy atom. The summed E-state index contributed by atoms with van der Waals surface area (Å²) in [5, 5.41) is 3.64. The molecule has 1 aliphatic heterocycles. The van der Waals surface area contributed by atoms with Crippen molar-refractivity contribution in [3.63, 3.8) is 0 Å². The van der Waals surface area contributed by atoms with Crippen LogP contribution in [0.1, 0.15) is 46.5 Å². The lowest BCUT2D eigenvalue weighted by atomic mass is 9.89. The van der Waals surface area contributed by atoms with Crippen LogP contribution >= 0.6 is 0 Å². The molecule has 0 aromatic rings. The first kappa shape index (κ1) is 14.3. The molecule has 106 valence electrons. The monoisotopic (exact) mass is 253 g/mol. The van der Waals surface area contributed by atoms with Crippen LogP contribution < -0.4 is 5.32 Å². The van der Waals surface area contributed by atoms with Gasteiger partial charge >= 0.3 is 0 Å². The van der Waals surface area contributed by atoms with Gasteiger partial charge in [-0.2, -0.15) is 0 Å². The van der Waals surface area contributed by atoms with Crippen LogP contribution in [0.3, 0.4) is 0 Å². The number of rotatable bonds is 4. The molecule has 2 rings (SSSR count). The summed E-state index contributed by atoms with van der Waals surface area (Å²) >= 11 is 0. The Balaban J connectivity index is 1.78. The Morgan fingerprint density at radius 2 is 1.83 bits per heavy atom. The van der Waals surface area contributed by atoms with Crippen LogP contribution in [-0.4, -0.2) is 60.6 Å².